The van der Waals surface area contributed by atoms with Crippen molar-refractivity contribution in [1.29, 1.82) is 0 Å². The SMILES string of the molecule is CNC(=O)[C@H](C)N(CCc1ccccc1)C(=O)CN(c1cccc2ccccc12)S(C)(=O)=O. The van der Waals surface area contributed by atoms with E-state index in [1.54, 1.807) is 19.1 Å². The molecule has 0 aliphatic rings. The van der Waals surface area contributed by atoms with Gasteiger partial charge in [-0.2, -0.15) is 0 Å². The Morgan fingerprint density at radius 3 is 2.24 bits per heavy atom. The van der Waals surface area contributed by atoms with Gasteiger partial charge in [0, 0.05) is 19.0 Å². The van der Waals surface area contributed by atoms with E-state index in [0.29, 0.717) is 12.1 Å². The Hall–Kier alpha value is -3.39. The smallest absolute Gasteiger partial charge is 0.244 e. The zero-order valence-corrected chi connectivity index (χ0v) is 19.9. The van der Waals surface area contributed by atoms with Crippen molar-refractivity contribution in [3.05, 3.63) is 78.4 Å². The van der Waals surface area contributed by atoms with Crippen LogP contribution in [0.15, 0.2) is 72.8 Å². The third-order valence-corrected chi connectivity index (χ3v) is 6.74. The Kier molecular flexibility index (Phi) is 7.71. The summed E-state index contributed by atoms with van der Waals surface area (Å²) in [5, 5.41) is 4.17. The van der Waals surface area contributed by atoms with Crippen LogP contribution in [0.2, 0.25) is 0 Å². The maximum Gasteiger partial charge on any atom is 0.244 e. The average molecular weight is 468 g/mol. The Morgan fingerprint density at radius 2 is 1.58 bits per heavy atom. The van der Waals surface area contributed by atoms with Gasteiger partial charge < -0.3 is 10.2 Å². The number of likely N-dealkylation sites (N-methyl/N-ethyl adjacent to an activating group) is 1. The molecule has 0 aliphatic carbocycles. The lowest BCUT2D eigenvalue weighted by Crippen LogP contribution is -2.51. The number of amides is 2. The lowest BCUT2D eigenvalue weighted by atomic mass is 10.1. The predicted molar refractivity (Wildman–Crippen MR) is 132 cm³/mol. The van der Waals surface area contributed by atoms with Gasteiger partial charge in [-0.1, -0.05) is 66.7 Å². The molecule has 0 saturated heterocycles. The summed E-state index contributed by atoms with van der Waals surface area (Å²) in [5.41, 5.74) is 1.45. The van der Waals surface area contributed by atoms with Crippen molar-refractivity contribution in [2.45, 2.75) is 19.4 Å². The van der Waals surface area contributed by atoms with Crippen molar-refractivity contribution in [3.63, 3.8) is 0 Å². The highest BCUT2D eigenvalue weighted by molar-refractivity contribution is 7.92. The van der Waals surface area contributed by atoms with Gasteiger partial charge in [-0.05, 0) is 30.4 Å². The van der Waals surface area contributed by atoms with Crippen LogP contribution in [0.1, 0.15) is 12.5 Å². The van der Waals surface area contributed by atoms with Gasteiger partial charge in [-0.25, -0.2) is 8.42 Å². The van der Waals surface area contributed by atoms with E-state index in [2.05, 4.69) is 5.32 Å². The van der Waals surface area contributed by atoms with Gasteiger partial charge in [0.25, 0.3) is 0 Å². The summed E-state index contributed by atoms with van der Waals surface area (Å²) in [5.74, 6) is -0.757. The van der Waals surface area contributed by atoms with E-state index in [-0.39, 0.29) is 12.5 Å². The van der Waals surface area contributed by atoms with Crippen molar-refractivity contribution in [2.24, 2.45) is 0 Å². The molecule has 174 valence electrons. The van der Waals surface area contributed by atoms with Crippen molar-refractivity contribution in [1.82, 2.24) is 10.2 Å². The van der Waals surface area contributed by atoms with Crippen LogP contribution in [-0.4, -0.2) is 57.6 Å². The van der Waals surface area contributed by atoms with Crippen molar-refractivity contribution in [3.8, 4) is 0 Å². The molecule has 3 aromatic carbocycles. The maximum absolute atomic E-state index is 13.4. The molecule has 0 aromatic heterocycles. The molecule has 3 aromatic rings. The number of carbonyl (C=O) groups excluding carboxylic acids is 2. The summed E-state index contributed by atoms with van der Waals surface area (Å²) in [7, 11) is -2.26. The monoisotopic (exact) mass is 467 g/mol. The van der Waals surface area contributed by atoms with Gasteiger partial charge in [0.2, 0.25) is 21.8 Å². The van der Waals surface area contributed by atoms with Crippen LogP contribution < -0.4 is 9.62 Å². The van der Waals surface area contributed by atoms with Gasteiger partial charge in [-0.15, -0.1) is 0 Å². The molecule has 33 heavy (non-hydrogen) atoms. The van der Waals surface area contributed by atoms with Crippen LogP contribution in [0.3, 0.4) is 0 Å². The normalized spacial score (nSPS) is 12.2. The van der Waals surface area contributed by atoms with Crippen LogP contribution in [-0.2, 0) is 26.0 Å². The predicted octanol–water partition coefficient (Wildman–Crippen LogP) is 2.81. The molecule has 1 atom stereocenters. The summed E-state index contributed by atoms with van der Waals surface area (Å²) in [6.45, 7) is 1.53. The largest absolute Gasteiger partial charge is 0.357 e. The first-order valence-corrected chi connectivity index (χ1v) is 12.6. The molecular weight excluding hydrogens is 438 g/mol. The molecule has 0 bridgehead atoms. The van der Waals surface area contributed by atoms with Gasteiger partial charge in [0.05, 0.1) is 11.9 Å². The number of carbonyl (C=O) groups is 2. The summed E-state index contributed by atoms with van der Waals surface area (Å²) in [6.07, 6.45) is 1.62. The Bertz CT molecular complexity index is 1220. The highest BCUT2D eigenvalue weighted by atomic mass is 32.2. The second kappa shape index (κ2) is 10.5. The van der Waals surface area contributed by atoms with E-state index >= 15 is 0 Å². The molecule has 0 fully saturated rings. The topological polar surface area (TPSA) is 86.8 Å². The first kappa shape index (κ1) is 24.3. The van der Waals surface area contributed by atoms with Gasteiger partial charge in [-0.3, -0.25) is 13.9 Å². The minimum atomic E-state index is -3.77. The van der Waals surface area contributed by atoms with Crippen molar-refractivity contribution in [2.75, 3.05) is 30.7 Å². The quantitative estimate of drug-likeness (QED) is 0.524. The lowest BCUT2D eigenvalue weighted by molar-refractivity contribution is -0.138. The fourth-order valence-electron chi connectivity index (χ4n) is 3.80. The summed E-state index contributed by atoms with van der Waals surface area (Å²) < 4.78 is 26.6. The maximum atomic E-state index is 13.4. The van der Waals surface area contributed by atoms with Crippen LogP contribution >= 0.6 is 0 Å². The molecular formula is C25H29N3O4S. The molecule has 2 amide bonds. The molecule has 0 aliphatic heterocycles. The van der Waals surface area contributed by atoms with Crippen LogP contribution in [0.5, 0.6) is 0 Å². The fourth-order valence-corrected chi connectivity index (χ4v) is 4.66. The Morgan fingerprint density at radius 1 is 0.939 bits per heavy atom. The molecule has 0 saturated carbocycles. The Labute approximate surface area is 195 Å². The van der Waals surface area contributed by atoms with E-state index in [1.165, 1.54) is 11.9 Å². The summed E-state index contributed by atoms with van der Waals surface area (Å²) in [6, 6.07) is 21.6. The summed E-state index contributed by atoms with van der Waals surface area (Å²) in [4.78, 5) is 27.2. The molecule has 1 N–H and O–H groups in total. The Balaban J connectivity index is 1.93. The minimum Gasteiger partial charge on any atom is -0.357 e. The molecule has 0 radical (unpaired) electrons. The number of anilines is 1. The molecule has 0 spiro atoms. The number of hydrogen-bond donors (Lipinski definition) is 1. The first-order chi connectivity index (χ1) is 15.7. The lowest BCUT2D eigenvalue weighted by Gasteiger charge is -2.31. The molecule has 7 nitrogen and oxygen atoms in total. The van der Waals surface area contributed by atoms with Crippen LogP contribution in [0, 0.1) is 0 Å². The molecule has 3 rings (SSSR count). The highest BCUT2D eigenvalue weighted by Gasteiger charge is 2.29. The fraction of sp³-hybridized carbons (Fsp3) is 0.280. The second-order valence-electron chi connectivity index (χ2n) is 7.88. The third kappa shape index (κ3) is 5.90. The molecule has 8 heteroatoms. The highest BCUT2D eigenvalue weighted by Crippen LogP contribution is 2.28. The van der Waals surface area contributed by atoms with Crippen LogP contribution in [0.25, 0.3) is 10.8 Å². The second-order valence-corrected chi connectivity index (χ2v) is 9.79. The van der Waals surface area contributed by atoms with Crippen molar-refractivity contribution >= 4 is 38.3 Å². The van der Waals surface area contributed by atoms with Gasteiger partial charge in [0.15, 0.2) is 0 Å². The number of sulfonamides is 1. The van der Waals surface area contributed by atoms with E-state index < -0.39 is 28.5 Å². The number of benzene rings is 3. The zero-order valence-electron chi connectivity index (χ0n) is 19.1. The standard InChI is InChI=1S/C25H29N3O4S/c1-19(25(30)26-2)27(17-16-20-10-5-4-6-11-20)24(29)18-28(33(3,31)32)23-15-9-13-21-12-7-8-14-22(21)23/h4-15,19H,16-18H2,1-3H3,(H,26,30)/t19-/m0/s1. The van der Waals surface area contributed by atoms with Gasteiger partial charge in [0.1, 0.15) is 12.6 Å². The number of nitrogens with one attached hydrogen (secondary N) is 1. The zero-order chi connectivity index (χ0) is 24.0. The first-order valence-electron chi connectivity index (χ1n) is 10.7. The third-order valence-electron chi connectivity index (χ3n) is 5.61. The molecule has 0 heterocycles. The van der Waals surface area contributed by atoms with E-state index in [0.717, 1.165) is 26.9 Å². The molecule has 0 unspecified atom stereocenters. The summed E-state index contributed by atoms with van der Waals surface area (Å²) >= 11 is 0. The van der Waals surface area contributed by atoms with Crippen LogP contribution in [0.4, 0.5) is 5.69 Å². The van der Waals surface area contributed by atoms with E-state index in [1.807, 2.05) is 60.7 Å². The van der Waals surface area contributed by atoms with E-state index in [9.17, 15) is 18.0 Å². The number of hydrogen-bond acceptors (Lipinski definition) is 4. The average Bonchev–Trinajstić information content (AvgIpc) is 2.81. The number of fused-ring (bicyclic) bond motifs is 1. The van der Waals surface area contributed by atoms with Crippen molar-refractivity contribution < 1.29 is 18.0 Å². The number of nitrogens with zero attached hydrogens (tertiary/aromatic N) is 2. The number of rotatable bonds is 9. The van der Waals surface area contributed by atoms with Gasteiger partial charge >= 0.3 is 0 Å². The minimum absolute atomic E-state index is 0.282. The van der Waals surface area contributed by atoms with E-state index in [4.69, 9.17) is 0 Å².